The number of fused-ring (bicyclic) bond motifs is 1. The molecule has 0 bridgehead atoms. The summed E-state index contributed by atoms with van der Waals surface area (Å²) in [6.45, 7) is 0.330. The number of hydrogen-bond acceptors (Lipinski definition) is 7. The third kappa shape index (κ3) is 5.95. The van der Waals surface area contributed by atoms with Gasteiger partial charge in [-0.1, -0.05) is 41.1 Å². The minimum atomic E-state index is -0.322. The molecule has 3 N–H and O–H groups in total. The molecule has 2 aromatic carbocycles. The third-order valence-electron chi connectivity index (χ3n) is 4.75. The minimum absolute atomic E-state index is 0.0245. The number of H-pyrrole nitrogens is 1. The molecule has 0 saturated carbocycles. The van der Waals surface area contributed by atoms with Crippen molar-refractivity contribution in [2.45, 2.75) is 24.7 Å². The number of hydrogen-bond donors (Lipinski definition) is 2. The third-order valence-corrected chi connectivity index (χ3v) is 6.27. The first-order valence-corrected chi connectivity index (χ1v) is 11.4. The Morgan fingerprint density at radius 1 is 1.19 bits per heavy atom. The lowest BCUT2D eigenvalue weighted by molar-refractivity contribution is -0.117. The van der Waals surface area contributed by atoms with Crippen molar-refractivity contribution >= 4 is 40.2 Å². The van der Waals surface area contributed by atoms with Gasteiger partial charge in [-0.15, -0.1) is 10.2 Å². The molecular formula is C22H21ClN6O2S. The largest absolute Gasteiger partial charge is 0.487 e. The van der Waals surface area contributed by atoms with Crippen LogP contribution in [0.2, 0.25) is 5.02 Å². The number of nitrogens with zero attached hydrogens (tertiary/aromatic N) is 4. The summed E-state index contributed by atoms with van der Waals surface area (Å²) in [6.07, 6.45) is 0.873. The monoisotopic (exact) mass is 468 g/mol. The lowest BCUT2D eigenvalue weighted by Gasteiger charge is -2.16. The number of rotatable bonds is 10. The molecule has 0 aliphatic carbocycles. The van der Waals surface area contributed by atoms with E-state index in [9.17, 15) is 4.79 Å². The number of tetrazole rings is 1. The first-order chi connectivity index (χ1) is 15.6. The molecular weight excluding hydrogens is 448 g/mol. The molecule has 1 unspecified atom stereocenters. The van der Waals surface area contributed by atoms with E-state index in [4.69, 9.17) is 22.1 Å². The zero-order chi connectivity index (χ0) is 22.3. The van der Waals surface area contributed by atoms with Gasteiger partial charge in [0.25, 0.3) is 0 Å². The fourth-order valence-electron chi connectivity index (χ4n) is 3.18. The number of nitrogens with two attached hydrogens (primary N) is 1. The van der Waals surface area contributed by atoms with E-state index in [-0.39, 0.29) is 11.2 Å². The van der Waals surface area contributed by atoms with E-state index in [2.05, 4.69) is 25.6 Å². The number of pyridine rings is 1. The molecule has 0 aliphatic heterocycles. The van der Waals surface area contributed by atoms with Crippen LogP contribution in [0.15, 0.2) is 54.6 Å². The van der Waals surface area contributed by atoms with Crippen LogP contribution in [0.5, 0.6) is 5.75 Å². The molecule has 1 atom stereocenters. The van der Waals surface area contributed by atoms with Crippen molar-refractivity contribution in [3.05, 3.63) is 76.7 Å². The molecule has 4 aromatic rings. The average Bonchev–Trinajstić information content (AvgIpc) is 3.30. The van der Waals surface area contributed by atoms with Crippen molar-refractivity contribution in [2.75, 3.05) is 5.75 Å². The van der Waals surface area contributed by atoms with E-state index in [1.54, 1.807) is 11.8 Å². The SMILES string of the molecule is NC(=O)CCSC(Cc1nn[nH]n1)c1cccc(OCc2ccc3ccc(Cl)cc3n2)c1. The smallest absolute Gasteiger partial charge is 0.218 e. The highest BCUT2D eigenvalue weighted by Gasteiger charge is 2.17. The van der Waals surface area contributed by atoms with Crippen LogP contribution in [0.25, 0.3) is 10.9 Å². The van der Waals surface area contributed by atoms with E-state index in [0.717, 1.165) is 27.9 Å². The summed E-state index contributed by atoms with van der Waals surface area (Å²) in [6, 6.07) is 17.4. The Morgan fingerprint density at radius 3 is 2.88 bits per heavy atom. The van der Waals surface area contributed by atoms with Gasteiger partial charge in [0.15, 0.2) is 5.82 Å². The van der Waals surface area contributed by atoms with Crippen molar-refractivity contribution in [1.82, 2.24) is 25.6 Å². The topological polar surface area (TPSA) is 120 Å². The number of aromatic nitrogens is 5. The molecule has 0 fully saturated rings. The fraction of sp³-hybridized carbons (Fsp3) is 0.227. The van der Waals surface area contributed by atoms with Gasteiger partial charge < -0.3 is 10.5 Å². The van der Waals surface area contributed by atoms with Gasteiger partial charge in [0.1, 0.15) is 12.4 Å². The molecule has 164 valence electrons. The predicted octanol–water partition coefficient (Wildman–Crippen LogP) is 3.87. The summed E-state index contributed by atoms with van der Waals surface area (Å²) in [5, 5.41) is 15.9. The van der Waals surface area contributed by atoms with Crippen LogP contribution in [0.1, 0.15) is 28.8 Å². The van der Waals surface area contributed by atoms with Gasteiger partial charge in [0, 0.05) is 34.3 Å². The average molecular weight is 469 g/mol. The molecule has 1 amide bonds. The Hall–Kier alpha value is -3.17. The highest BCUT2D eigenvalue weighted by Crippen LogP contribution is 2.34. The van der Waals surface area contributed by atoms with Gasteiger partial charge in [0.2, 0.25) is 5.91 Å². The van der Waals surface area contributed by atoms with Gasteiger partial charge >= 0.3 is 0 Å². The maximum atomic E-state index is 11.1. The van der Waals surface area contributed by atoms with Crippen molar-refractivity contribution in [1.29, 1.82) is 0 Å². The van der Waals surface area contributed by atoms with Crippen LogP contribution in [-0.4, -0.2) is 37.3 Å². The number of thioether (sulfide) groups is 1. The van der Waals surface area contributed by atoms with Gasteiger partial charge in [-0.25, -0.2) is 4.98 Å². The van der Waals surface area contributed by atoms with E-state index in [1.807, 2.05) is 54.6 Å². The van der Waals surface area contributed by atoms with E-state index < -0.39 is 0 Å². The summed E-state index contributed by atoms with van der Waals surface area (Å²) in [7, 11) is 0. The van der Waals surface area contributed by atoms with Crippen LogP contribution in [0, 0.1) is 0 Å². The molecule has 0 aliphatic rings. The standard InChI is InChI=1S/C22H21ClN6O2S/c23-16-6-4-14-5-7-17(25-19(14)11-16)13-31-18-3-1-2-15(10-18)20(32-9-8-21(24)30)12-22-26-28-29-27-22/h1-7,10-11,20H,8-9,12-13H2,(H2,24,30)(H,26,27,28,29). The van der Waals surface area contributed by atoms with E-state index >= 15 is 0 Å². The quantitative estimate of drug-likeness (QED) is 0.362. The zero-order valence-electron chi connectivity index (χ0n) is 17.1. The summed E-state index contributed by atoms with van der Waals surface area (Å²) in [4.78, 5) is 15.8. The second-order valence-electron chi connectivity index (χ2n) is 7.11. The number of primary amides is 1. The Morgan fingerprint density at radius 2 is 2.06 bits per heavy atom. The van der Waals surface area contributed by atoms with Crippen LogP contribution in [0.4, 0.5) is 0 Å². The maximum Gasteiger partial charge on any atom is 0.218 e. The Kier molecular flexibility index (Phi) is 7.18. The second-order valence-corrected chi connectivity index (χ2v) is 8.86. The van der Waals surface area contributed by atoms with Crippen molar-refractivity contribution < 1.29 is 9.53 Å². The molecule has 10 heteroatoms. The molecule has 2 heterocycles. The highest BCUT2D eigenvalue weighted by molar-refractivity contribution is 7.99. The predicted molar refractivity (Wildman–Crippen MR) is 124 cm³/mol. The number of amides is 1. The van der Waals surface area contributed by atoms with Crippen LogP contribution in [0.3, 0.4) is 0 Å². The first-order valence-electron chi connectivity index (χ1n) is 9.97. The zero-order valence-corrected chi connectivity index (χ0v) is 18.6. The van der Waals surface area contributed by atoms with Crippen LogP contribution < -0.4 is 10.5 Å². The summed E-state index contributed by atoms with van der Waals surface area (Å²) in [5.74, 6) is 1.61. The van der Waals surface area contributed by atoms with Crippen LogP contribution in [-0.2, 0) is 17.8 Å². The molecule has 4 rings (SSSR count). The number of halogens is 1. The highest BCUT2D eigenvalue weighted by atomic mass is 35.5. The minimum Gasteiger partial charge on any atom is -0.487 e. The van der Waals surface area contributed by atoms with Crippen molar-refractivity contribution in [2.24, 2.45) is 5.73 Å². The maximum absolute atomic E-state index is 11.1. The van der Waals surface area contributed by atoms with E-state index in [1.165, 1.54) is 0 Å². The molecule has 0 spiro atoms. The Bertz CT molecular complexity index is 1200. The molecule has 8 nitrogen and oxygen atoms in total. The number of carbonyl (C=O) groups is 1. The van der Waals surface area contributed by atoms with Crippen molar-refractivity contribution in [3.63, 3.8) is 0 Å². The number of benzene rings is 2. The van der Waals surface area contributed by atoms with Crippen molar-refractivity contribution in [3.8, 4) is 5.75 Å². The first kappa shape index (κ1) is 22.0. The van der Waals surface area contributed by atoms with Gasteiger partial charge in [-0.2, -0.15) is 17.0 Å². The van der Waals surface area contributed by atoms with Crippen LogP contribution >= 0.6 is 23.4 Å². The van der Waals surface area contributed by atoms with E-state index in [0.29, 0.717) is 36.0 Å². The summed E-state index contributed by atoms with van der Waals surface area (Å²) >= 11 is 7.71. The number of carbonyl (C=O) groups excluding carboxylic acids is 1. The van der Waals surface area contributed by atoms with Gasteiger partial charge in [0.05, 0.1) is 11.2 Å². The van der Waals surface area contributed by atoms with Gasteiger partial charge in [-0.05, 0) is 35.9 Å². The van der Waals surface area contributed by atoms with Gasteiger partial charge in [-0.3, -0.25) is 4.79 Å². The molecule has 32 heavy (non-hydrogen) atoms. The number of aromatic amines is 1. The lowest BCUT2D eigenvalue weighted by atomic mass is 10.1. The number of nitrogens with one attached hydrogen (secondary N) is 1. The normalized spacial score (nSPS) is 12.0. The summed E-state index contributed by atoms with van der Waals surface area (Å²) in [5.41, 5.74) is 7.97. The second kappa shape index (κ2) is 10.4. The Labute approximate surface area is 193 Å². The summed E-state index contributed by atoms with van der Waals surface area (Å²) < 4.78 is 6.01. The lowest BCUT2D eigenvalue weighted by Crippen LogP contribution is -2.12. The Balaban J connectivity index is 1.47. The fourth-order valence-corrected chi connectivity index (χ4v) is 4.56. The molecule has 2 aromatic heterocycles. The molecule has 0 radical (unpaired) electrons. The molecule has 0 saturated heterocycles. The number of ether oxygens (including phenoxy) is 1.